The van der Waals surface area contributed by atoms with Crippen molar-refractivity contribution in [2.75, 3.05) is 19.6 Å². The number of carbonyl (C=O) groups excluding carboxylic acids is 1. The summed E-state index contributed by atoms with van der Waals surface area (Å²) in [5, 5.41) is 3.22. The molecule has 0 aliphatic heterocycles. The normalized spacial score (nSPS) is 14.7. The lowest BCUT2D eigenvalue weighted by atomic mass is 10.1. The van der Waals surface area contributed by atoms with Gasteiger partial charge in [-0.15, -0.1) is 0 Å². The molecule has 0 saturated carbocycles. The number of nitrogens with one attached hydrogen (secondary N) is 1. The van der Waals surface area contributed by atoms with Gasteiger partial charge in [0.1, 0.15) is 0 Å². The van der Waals surface area contributed by atoms with Gasteiger partial charge >= 0.3 is 0 Å². The van der Waals surface area contributed by atoms with E-state index < -0.39 is 0 Å². The highest BCUT2D eigenvalue weighted by molar-refractivity contribution is 5.79. The molecule has 0 spiro atoms. The first kappa shape index (κ1) is 14.4. The van der Waals surface area contributed by atoms with E-state index in [2.05, 4.69) is 26.1 Å². The molecule has 0 aromatic heterocycles. The fraction of sp³-hybridized carbons (Fsp3) is 0.917. The zero-order chi connectivity index (χ0) is 11.8. The average molecular weight is 214 g/mol. The van der Waals surface area contributed by atoms with Crippen molar-refractivity contribution < 1.29 is 4.79 Å². The van der Waals surface area contributed by atoms with Gasteiger partial charge in [0.2, 0.25) is 5.91 Å². The van der Waals surface area contributed by atoms with Crippen molar-refractivity contribution in [2.45, 2.75) is 47.1 Å². The number of hydrogen-bond donors (Lipinski definition) is 1. The minimum Gasteiger partial charge on any atom is -0.340 e. The maximum absolute atomic E-state index is 12.1. The molecule has 0 aromatic rings. The summed E-state index contributed by atoms with van der Waals surface area (Å²) in [6.07, 6.45) is 1.02. The van der Waals surface area contributed by atoms with Gasteiger partial charge in [0.25, 0.3) is 0 Å². The first-order chi connectivity index (χ1) is 7.08. The molecule has 2 unspecified atom stereocenters. The summed E-state index contributed by atoms with van der Waals surface area (Å²) in [6, 6.07) is 0.353. The molecule has 0 aliphatic rings. The summed E-state index contributed by atoms with van der Waals surface area (Å²) in [5.41, 5.74) is 0. The molecule has 2 atom stereocenters. The predicted octanol–water partition coefficient (Wildman–Crippen LogP) is 1.88. The van der Waals surface area contributed by atoms with Crippen LogP contribution in [0.15, 0.2) is 0 Å². The van der Waals surface area contributed by atoms with Gasteiger partial charge in [-0.1, -0.05) is 20.8 Å². The quantitative estimate of drug-likeness (QED) is 0.702. The molecule has 3 nitrogen and oxygen atoms in total. The number of rotatable bonds is 7. The van der Waals surface area contributed by atoms with E-state index in [1.54, 1.807) is 0 Å². The van der Waals surface area contributed by atoms with Crippen LogP contribution in [0.25, 0.3) is 0 Å². The lowest BCUT2D eigenvalue weighted by molar-refractivity contribution is -0.136. The van der Waals surface area contributed by atoms with Crippen molar-refractivity contribution >= 4 is 5.91 Å². The van der Waals surface area contributed by atoms with Crippen LogP contribution in [0.4, 0.5) is 0 Å². The maximum Gasteiger partial charge on any atom is 0.226 e. The van der Waals surface area contributed by atoms with E-state index in [-0.39, 0.29) is 11.8 Å². The highest BCUT2D eigenvalue weighted by Gasteiger charge is 2.21. The van der Waals surface area contributed by atoms with Crippen molar-refractivity contribution in [1.82, 2.24) is 10.2 Å². The van der Waals surface area contributed by atoms with Gasteiger partial charge in [-0.3, -0.25) is 4.79 Å². The molecule has 0 aliphatic carbocycles. The Morgan fingerprint density at radius 1 is 1.27 bits per heavy atom. The summed E-state index contributed by atoms with van der Waals surface area (Å²) in [4.78, 5) is 14.0. The van der Waals surface area contributed by atoms with Crippen molar-refractivity contribution in [3.05, 3.63) is 0 Å². The van der Waals surface area contributed by atoms with E-state index in [4.69, 9.17) is 0 Å². The van der Waals surface area contributed by atoms with Gasteiger partial charge in [0.05, 0.1) is 0 Å². The number of hydrogen-bond acceptors (Lipinski definition) is 2. The summed E-state index contributed by atoms with van der Waals surface area (Å²) < 4.78 is 0. The molecule has 0 heterocycles. The third kappa shape index (κ3) is 4.65. The van der Waals surface area contributed by atoms with Gasteiger partial charge in [0, 0.05) is 25.0 Å². The Balaban J connectivity index is 4.24. The van der Waals surface area contributed by atoms with Crippen LogP contribution in [-0.4, -0.2) is 36.5 Å². The molecule has 15 heavy (non-hydrogen) atoms. The SMILES string of the molecule is CCNCC(C)C(=O)N(CC)C(C)CC. The fourth-order valence-corrected chi connectivity index (χ4v) is 1.64. The zero-order valence-corrected chi connectivity index (χ0v) is 10.8. The Kier molecular flexibility index (Phi) is 7.39. The van der Waals surface area contributed by atoms with Crippen molar-refractivity contribution in [1.29, 1.82) is 0 Å². The minimum absolute atomic E-state index is 0.0823. The summed E-state index contributed by atoms with van der Waals surface area (Å²) in [7, 11) is 0. The van der Waals surface area contributed by atoms with E-state index >= 15 is 0 Å². The predicted molar refractivity (Wildman–Crippen MR) is 64.8 cm³/mol. The molecule has 0 fully saturated rings. The molecular formula is C12H26N2O. The molecule has 90 valence electrons. The number of carbonyl (C=O) groups is 1. The molecule has 3 heteroatoms. The monoisotopic (exact) mass is 214 g/mol. The zero-order valence-electron chi connectivity index (χ0n) is 10.8. The molecule has 0 aromatic carbocycles. The molecule has 0 radical (unpaired) electrons. The second-order valence-corrected chi connectivity index (χ2v) is 4.09. The third-order valence-corrected chi connectivity index (χ3v) is 2.87. The van der Waals surface area contributed by atoms with E-state index in [0.29, 0.717) is 6.04 Å². The van der Waals surface area contributed by atoms with Gasteiger partial charge in [-0.05, 0) is 26.8 Å². The Morgan fingerprint density at radius 3 is 2.27 bits per heavy atom. The maximum atomic E-state index is 12.1. The molecule has 0 saturated heterocycles. The Bertz CT molecular complexity index is 182. The summed E-state index contributed by atoms with van der Waals surface area (Å²) in [6.45, 7) is 12.8. The fourth-order valence-electron chi connectivity index (χ4n) is 1.64. The van der Waals surface area contributed by atoms with Crippen LogP contribution in [0, 0.1) is 5.92 Å². The second kappa shape index (κ2) is 7.69. The van der Waals surface area contributed by atoms with Crippen LogP contribution in [0.2, 0.25) is 0 Å². The van der Waals surface area contributed by atoms with Gasteiger partial charge in [-0.2, -0.15) is 0 Å². The Labute approximate surface area is 94.2 Å². The Hall–Kier alpha value is -0.570. The van der Waals surface area contributed by atoms with Crippen LogP contribution in [-0.2, 0) is 4.79 Å². The molecule has 1 N–H and O–H groups in total. The van der Waals surface area contributed by atoms with Crippen molar-refractivity contribution in [3.8, 4) is 0 Å². The van der Waals surface area contributed by atoms with Gasteiger partial charge in [-0.25, -0.2) is 0 Å². The first-order valence-corrected chi connectivity index (χ1v) is 6.09. The lowest BCUT2D eigenvalue weighted by Crippen LogP contribution is -2.43. The molecule has 0 bridgehead atoms. The highest BCUT2D eigenvalue weighted by Crippen LogP contribution is 2.08. The van der Waals surface area contributed by atoms with Crippen LogP contribution in [0.3, 0.4) is 0 Å². The van der Waals surface area contributed by atoms with E-state index in [0.717, 1.165) is 26.1 Å². The van der Waals surface area contributed by atoms with E-state index in [1.807, 2.05) is 18.7 Å². The smallest absolute Gasteiger partial charge is 0.226 e. The average Bonchev–Trinajstić information content (AvgIpc) is 2.26. The topological polar surface area (TPSA) is 32.3 Å². The van der Waals surface area contributed by atoms with Crippen LogP contribution >= 0.6 is 0 Å². The standard InChI is InChI=1S/C12H26N2O/c1-6-11(5)14(8-3)12(15)10(4)9-13-7-2/h10-11,13H,6-9H2,1-5H3. The molecular weight excluding hydrogens is 188 g/mol. The highest BCUT2D eigenvalue weighted by atomic mass is 16.2. The third-order valence-electron chi connectivity index (χ3n) is 2.87. The van der Waals surface area contributed by atoms with Crippen molar-refractivity contribution in [2.24, 2.45) is 5.92 Å². The second-order valence-electron chi connectivity index (χ2n) is 4.09. The number of nitrogens with zero attached hydrogens (tertiary/aromatic N) is 1. The van der Waals surface area contributed by atoms with Gasteiger partial charge in [0.15, 0.2) is 0 Å². The van der Waals surface area contributed by atoms with E-state index in [1.165, 1.54) is 0 Å². The Morgan fingerprint density at radius 2 is 1.87 bits per heavy atom. The molecule has 0 rings (SSSR count). The minimum atomic E-state index is 0.0823. The van der Waals surface area contributed by atoms with Crippen LogP contribution in [0.5, 0.6) is 0 Å². The van der Waals surface area contributed by atoms with Gasteiger partial charge < -0.3 is 10.2 Å². The summed E-state index contributed by atoms with van der Waals surface area (Å²) >= 11 is 0. The summed E-state index contributed by atoms with van der Waals surface area (Å²) in [5.74, 6) is 0.353. The molecule has 1 amide bonds. The lowest BCUT2D eigenvalue weighted by Gasteiger charge is -2.30. The van der Waals surface area contributed by atoms with E-state index in [9.17, 15) is 4.79 Å². The van der Waals surface area contributed by atoms with Crippen molar-refractivity contribution in [3.63, 3.8) is 0 Å². The number of amides is 1. The van der Waals surface area contributed by atoms with Crippen LogP contribution in [0.1, 0.15) is 41.0 Å². The largest absolute Gasteiger partial charge is 0.340 e. The first-order valence-electron chi connectivity index (χ1n) is 6.09. The van der Waals surface area contributed by atoms with Crippen LogP contribution < -0.4 is 5.32 Å².